The maximum Gasteiger partial charge on any atom is 0.251 e. The molecule has 1 N–H and O–H groups in total. The van der Waals surface area contributed by atoms with E-state index in [0.29, 0.717) is 12.1 Å². The first-order valence-electron chi connectivity index (χ1n) is 6.25. The first kappa shape index (κ1) is 13.2. The molecule has 1 aromatic carbocycles. The Morgan fingerprint density at radius 3 is 2.37 bits per heavy atom. The molecular weight excluding hydrogens is 238 g/mol. The molecule has 19 heavy (non-hydrogen) atoms. The van der Waals surface area contributed by atoms with Crippen LogP contribution in [0.4, 0.5) is 0 Å². The predicted octanol–water partition coefficient (Wildman–Crippen LogP) is 2.07. The molecule has 2 rings (SSSR count). The summed E-state index contributed by atoms with van der Waals surface area (Å²) in [5.41, 5.74) is 3.92. The largest absolute Gasteiger partial charge is 0.352 e. The number of rotatable bonds is 4. The second-order valence-electron chi connectivity index (χ2n) is 4.63. The van der Waals surface area contributed by atoms with Gasteiger partial charge >= 0.3 is 0 Å². The van der Waals surface area contributed by atoms with Crippen molar-refractivity contribution in [1.29, 1.82) is 0 Å². The first-order valence-corrected chi connectivity index (χ1v) is 6.25. The van der Waals surface area contributed by atoms with Crippen LogP contribution in [-0.2, 0) is 6.42 Å². The zero-order chi connectivity index (χ0) is 13.7. The van der Waals surface area contributed by atoms with Crippen molar-refractivity contribution in [2.75, 3.05) is 6.54 Å². The van der Waals surface area contributed by atoms with Gasteiger partial charge in [0.05, 0.1) is 0 Å². The van der Waals surface area contributed by atoms with Crippen LogP contribution in [-0.4, -0.2) is 22.4 Å². The van der Waals surface area contributed by atoms with Crippen LogP contribution in [0.1, 0.15) is 27.0 Å². The van der Waals surface area contributed by atoms with E-state index in [0.717, 1.165) is 23.1 Å². The molecule has 4 heteroatoms. The average molecular weight is 255 g/mol. The van der Waals surface area contributed by atoms with E-state index in [9.17, 15) is 4.79 Å². The summed E-state index contributed by atoms with van der Waals surface area (Å²) in [7, 11) is 0. The zero-order valence-electron chi connectivity index (χ0n) is 11.2. The van der Waals surface area contributed by atoms with E-state index >= 15 is 0 Å². The highest BCUT2D eigenvalue weighted by Gasteiger charge is 2.06. The summed E-state index contributed by atoms with van der Waals surface area (Å²) in [6.45, 7) is 4.56. The molecule has 0 spiro atoms. The number of nitrogens with one attached hydrogen (secondary N) is 1. The van der Waals surface area contributed by atoms with Crippen LogP contribution >= 0.6 is 0 Å². The van der Waals surface area contributed by atoms with Gasteiger partial charge in [0.1, 0.15) is 6.33 Å². The van der Waals surface area contributed by atoms with Crippen molar-refractivity contribution in [1.82, 2.24) is 15.3 Å². The molecule has 98 valence electrons. The van der Waals surface area contributed by atoms with Crippen molar-refractivity contribution in [3.05, 3.63) is 59.2 Å². The lowest BCUT2D eigenvalue weighted by Crippen LogP contribution is -2.25. The van der Waals surface area contributed by atoms with Gasteiger partial charge in [0.15, 0.2) is 0 Å². The summed E-state index contributed by atoms with van der Waals surface area (Å²) < 4.78 is 0. The summed E-state index contributed by atoms with van der Waals surface area (Å²) in [5.74, 6) is -0.0383. The summed E-state index contributed by atoms with van der Waals surface area (Å²) in [6, 6.07) is 5.85. The average Bonchev–Trinajstić information content (AvgIpc) is 2.38. The maximum absolute atomic E-state index is 12.0. The fourth-order valence-electron chi connectivity index (χ4n) is 1.99. The third-order valence-corrected chi connectivity index (χ3v) is 2.80. The molecule has 4 nitrogen and oxygen atoms in total. The number of amides is 1. The number of hydrogen-bond acceptors (Lipinski definition) is 3. The minimum atomic E-state index is -0.0383. The Morgan fingerprint density at radius 1 is 1.11 bits per heavy atom. The molecule has 0 saturated carbocycles. The Bertz CT molecular complexity index is 547. The standard InChI is InChI=1S/C15H17N3O/c1-11-5-12(2)7-14(6-11)15(19)18-4-3-13-8-16-10-17-9-13/h5-10H,3-4H2,1-2H3,(H,18,19). The fraction of sp³-hybridized carbons (Fsp3) is 0.267. The first-order chi connectivity index (χ1) is 9.15. The molecule has 0 aliphatic heterocycles. The highest BCUT2D eigenvalue weighted by atomic mass is 16.1. The third kappa shape index (κ3) is 3.88. The van der Waals surface area contributed by atoms with Gasteiger partial charge in [0, 0.05) is 24.5 Å². The van der Waals surface area contributed by atoms with Crippen molar-refractivity contribution >= 4 is 5.91 Å². The molecule has 0 fully saturated rings. The van der Waals surface area contributed by atoms with Gasteiger partial charge in [0.2, 0.25) is 0 Å². The molecule has 0 radical (unpaired) electrons. The van der Waals surface area contributed by atoms with Crippen LogP contribution in [0.2, 0.25) is 0 Å². The lowest BCUT2D eigenvalue weighted by Gasteiger charge is -2.07. The van der Waals surface area contributed by atoms with Gasteiger partial charge in [0.25, 0.3) is 5.91 Å². The van der Waals surface area contributed by atoms with Gasteiger partial charge in [-0.2, -0.15) is 0 Å². The van der Waals surface area contributed by atoms with Crippen molar-refractivity contribution in [2.45, 2.75) is 20.3 Å². The van der Waals surface area contributed by atoms with Crippen molar-refractivity contribution in [2.24, 2.45) is 0 Å². The number of nitrogens with zero attached hydrogens (tertiary/aromatic N) is 2. The van der Waals surface area contributed by atoms with Gasteiger partial charge in [-0.15, -0.1) is 0 Å². The molecule has 1 heterocycles. The normalized spacial score (nSPS) is 10.2. The molecule has 0 bridgehead atoms. The predicted molar refractivity (Wildman–Crippen MR) is 74.0 cm³/mol. The third-order valence-electron chi connectivity index (χ3n) is 2.80. The second-order valence-corrected chi connectivity index (χ2v) is 4.63. The van der Waals surface area contributed by atoms with E-state index in [2.05, 4.69) is 21.4 Å². The molecule has 0 saturated heterocycles. The Labute approximate surface area is 112 Å². The Morgan fingerprint density at radius 2 is 1.74 bits per heavy atom. The van der Waals surface area contributed by atoms with Crippen LogP contribution in [0, 0.1) is 13.8 Å². The van der Waals surface area contributed by atoms with Crippen LogP contribution in [0.3, 0.4) is 0 Å². The molecule has 1 aromatic heterocycles. The van der Waals surface area contributed by atoms with E-state index in [1.807, 2.05) is 26.0 Å². The summed E-state index contributed by atoms with van der Waals surface area (Å²) >= 11 is 0. The Kier molecular flexibility index (Phi) is 4.23. The maximum atomic E-state index is 12.0. The zero-order valence-corrected chi connectivity index (χ0v) is 11.2. The molecule has 0 aliphatic carbocycles. The topological polar surface area (TPSA) is 54.9 Å². The van der Waals surface area contributed by atoms with Crippen molar-refractivity contribution < 1.29 is 4.79 Å². The molecule has 1 amide bonds. The monoisotopic (exact) mass is 255 g/mol. The molecule has 2 aromatic rings. The van der Waals surface area contributed by atoms with Gasteiger partial charge < -0.3 is 5.32 Å². The number of aromatic nitrogens is 2. The lowest BCUT2D eigenvalue weighted by atomic mass is 10.1. The van der Waals surface area contributed by atoms with E-state index in [1.54, 1.807) is 12.4 Å². The molecule has 0 aliphatic rings. The number of aryl methyl sites for hydroxylation is 2. The van der Waals surface area contributed by atoms with E-state index < -0.39 is 0 Å². The number of carbonyl (C=O) groups is 1. The minimum absolute atomic E-state index is 0.0383. The molecule has 0 atom stereocenters. The minimum Gasteiger partial charge on any atom is -0.352 e. The second kappa shape index (κ2) is 6.09. The number of carbonyl (C=O) groups excluding carboxylic acids is 1. The van der Waals surface area contributed by atoms with Crippen LogP contribution < -0.4 is 5.32 Å². The molecular formula is C15H17N3O. The number of benzene rings is 1. The van der Waals surface area contributed by atoms with Gasteiger partial charge in [-0.1, -0.05) is 17.2 Å². The Balaban J connectivity index is 1.91. The van der Waals surface area contributed by atoms with Crippen molar-refractivity contribution in [3.8, 4) is 0 Å². The quantitative estimate of drug-likeness (QED) is 0.910. The van der Waals surface area contributed by atoms with Crippen LogP contribution in [0.5, 0.6) is 0 Å². The Hall–Kier alpha value is -2.23. The van der Waals surface area contributed by atoms with E-state index in [-0.39, 0.29) is 5.91 Å². The summed E-state index contributed by atoms with van der Waals surface area (Å²) in [6.07, 6.45) is 5.75. The SMILES string of the molecule is Cc1cc(C)cc(C(=O)NCCc2cncnc2)c1. The fourth-order valence-corrected chi connectivity index (χ4v) is 1.99. The summed E-state index contributed by atoms with van der Waals surface area (Å²) in [4.78, 5) is 19.9. The smallest absolute Gasteiger partial charge is 0.251 e. The van der Waals surface area contributed by atoms with Gasteiger partial charge in [-0.3, -0.25) is 4.79 Å². The lowest BCUT2D eigenvalue weighted by molar-refractivity contribution is 0.0954. The van der Waals surface area contributed by atoms with Crippen LogP contribution in [0.25, 0.3) is 0 Å². The van der Waals surface area contributed by atoms with Gasteiger partial charge in [-0.25, -0.2) is 9.97 Å². The number of hydrogen-bond donors (Lipinski definition) is 1. The summed E-state index contributed by atoms with van der Waals surface area (Å²) in [5, 5.41) is 2.91. The van der Waals surface area contributed by atoms with Crippen molar-refractivity contribution in [3.63, 3.8) is 0 Å². The van der Waals surface area contributed by atoms with E-state index in [1.165, 1.54) is 6.33 Å². The highest BCUT2D eigenvalue weighted by Crippen LogP contribution is 2.08. The van der Waals surface area contributed by atoms with Crippen LogP contribution in [0.15, 0.2) is 36.9 Å². The van der Waals surface area contributed by atoms with Gasteiger partial charge in [-0.05, 0) is 38.0 Å². The highest BCUT2D eigenvalue weighted by molar-refractivity contribution is 5.94. The van der Waals surface area contributed by atoms with E-state index in [4.69, 9.17) is 0 Å². The molecule has 0 unspecified atom stereocenters.